The summed E-state index contributed by atoms with van der Waals surface area (Å²) in [6.07, 6.45) is 1.04. The molecule has 0 aliphatic carbocycles. The highest BCUT2D eigenvalue weighted by Gasteiger charge is 2.45. The van der Waals surface area contributed by atoms with Gasteiger partial charge in [-0.1, -0.05) is 12.1 Å². The molecule has 21 heavy (non-hydrogen) atoms. The molecule has 1 aliphatic heterocycles. The van der Waals surface area contributed by atoms with Gasteiger partial charge in [-0.25, -0.2) is 13.6 Å². The number of amides is 1. The van der Waals surface area contributed by atoms with Crippen LogP contribution in [-0.2, 0) is 16.0 Å². The van der Waals surface area contributed by atoms with Gasteiger partial charge in [0.15, 0.2) is 11.6 Å². The van der Waals surface area contributed by atoms with Crippen LogP contribution in [0.3, 0.4) is 0 Å². The monoisotopic (exact) mass is 297 g/mol. The summed E-state index contributed by atoms with van der Waals surface area (Å²) in [5, 5.41) is 9.25. The number of carboxylic acids is 1. The number of carbonyl (C=O) groups excluding carboxylic acids is 1. The normalized spacial score (nSPS) is 21.6. The second-order valence-electron chi connectivity index (χ2n) is 5.44. The number of likely N-dealkylation sites (tertiary alicyclic amines) is 1. The number of carboxylic acid groups (broad SMARTS) is 1. The van der Waals surface area contributed by atoms with Gasteiger partial charge in [0.2, 0.25) is 5.91 Å². The van der Waals surface area contributed by atoms with Crippen molar-refractivity contribution in [2.45, 2.75) is 38.1 Å². The van der Waals surface area contributed by atoms with E-state index in [1.54, 1.807) is 0 Å². The van der Waals surface area contributed by atoms with Crippen molar-refractivity contribution < 1.29 is 23.5 Å². The Morgan fingerprint density at radius 3 is 2.76 bits per heavy atom. The summed E-state index contributed by atoms with van der Waals surface area (Å²) in [5.41, 5.74) is -1.07. The van der Waals surface area contributed by atoms with Gasteiger partial charge >= 0.3 is 5.97 Å². The van der Waals surface area contributed by atoms with Crippen LogP contribution in [0.2, 0.25) is 0 Å². The van der Waals surface area contributed by atoms with E-state index in [4.69, 9.17) is 0 Å². The van der Waals surface area contributed by atoms with Gasteiger partial charge in [-0.05, 0) is 37.8 Å². The van der Waals surface area contributed by atoms with Crippen LogP contribution in [-0.4, -0.2) is 34.0 Å². The summed E-state index contributed by atoms with van der Waals surface area (Å²) in [4.78, 5) is 24.8. The summed E-state index contributed by atoms with van der Waals surface area (Å²) in [6, 6.07) is 3.82. The molecule has 4 nitrogen and oxygen atoms in total. The molecule has 1 aromatic rings. The van der Waals surface area contributed by atoms with Crippen molar-refractivity contribution in [2.75, 3.05) is 6.54 Å². The lowest BCUT2D eigenvalue weighted by Gasteiger charge is -2.31. The fourth-order valence-corrected chi connectivity index (χ4v) is 2.70. The van der Waals surface area contributed by atoms with Gasteiger partial charge in [-0.15, -0.1) is 0 Å². The largest absolute Gasteiger partial charge is 0.480 e. The second-order valence-corrected chi connectivity index (χ2v) is 5.44. The third-order valence-electron chi connectivity index (χ3n) is 4.04. The van der Waals surface area contributed by atoms with Crippen LogP contribution in [0.1, 0.15) is 31.7 Å². The molecule has 0 radical (unpaired) electrons. The van der Waals surface area contributed by atoms with Crippen LogP contribution < -0.4 is 0 Å². The molecule has 1 saturated heterocycles. The molecule has 1 aliphatic rings. The Labute approximate surface area is 121 Å². The highest BCUT2D eigenvalue weighted by atomic mass is 19.2. The highest BCUT2D eigenvalue weighted by molar-refractivity contribution is 5.87. The number of nitrogens with zero attached hydrogens (tertiary/aromatic N) is 1. The van der Waals surface area contributed by atoms with E-state index >= 15 is 0 Å². The van der Waals surface area contributed by atoms with Crippen LogP contribution in [0.25, 0.3) is 0 Å². The Morgan fingerprint density at radius 1 is 1.38 bits per heavy atom. The Morgan fingerprint density at radius 2 is 2.10 bits per heavy atom. The topological polar surface area (TPSA) is 57.6 Å². The third-order valence-corrected chi connectivity index (χ3v) is 4.04. The van der Waals surface area contributed by atoms with Crippen molar-refractivity contribution in [2.24, 2.45) is 0 Å². The lowest BCUT2D eigenvalue weighted by atomic mass is 9.98. The molecular formula is C15H17F2NO3. The number of aryl methyl sites for hydroxylation is 1. The maximum atomic E-state index is 13.5. The van der Waals surface area contributed by atoms with E-state index in [1.807, 2.05) is 0 Å². The molecule has 0 saturated carbocycles. The fourth-order valence-electron chi connectivity index (χ4n) is 2.70. The minimum Gasteiger partial charge on any atom is -0.480 e. The van der Waals surface area contributed by atoms with Crippen LogP contribution in [0.15, 0.2) is 18.2 Å². The van der Waals surface area contributed by atoms with Crippen LogP contribution >= 0.6 is 0 Å². The van der Waals surface area contributed by atoms with E-state index in [9.17, 15) is 23.5 Å². The first-order chi connectivity index (χ1) is 9.86. The van der Waals surface area contributed by atoms with Crippen molar-refractivity contribution in [3.63, 3.8) is 0 Å². The summed E-state index contributed by atoms with van der Waals surface area (Å²) in [6.45, 7) is 1.90. The molecule has 0 aromatic heterocycles. The first-order valence-electron chi connectivity index (χ1n) is 6.83. The lowest BCUT2D eigenvalue weighted by Crippen LogP contribution is -2.50. The van der Waals surface area contributed by atoms with Gasteiger partial charge in [0.25, 0.3) is 0 Å². The Kier molecular flexibility index (Phi) is 4.25. The molecule has 2 rings (SSSR count). The summed E-state index contributed by atoms with van der Waals surface area (Å²) in [5.74, 6) is -3.28. The molecule has 0 spiro atoms. The molecule has 1 atom stereocenters. The van der Waals surface area contributed by atoms with Crippen molar-refractivity contribution in [1.29, 1.82) is 0 Å². The van der Waals surface area contributed by atoms with E-state index in [1.165, 1.54) is 24.0 Å². The quantitative estimate of drug-likeness (QED) is 0.928. The van der Waals surface area contributed by atoms with Gasteiger partial charge in [0.05, 0.1) is 0 Å². The molecule has 6 heteroatoms. The summed E-state index contributed by atoms with van der Waals surface area (Å²) >= 11 is 0. The van der Waals surface area contributed by atoms with E-state index in [0.29, 0.717) is 19.4 Å². The minimum absolute atomic E-state index is 0.0384. The van der Waals surface area contributed by atoms with Crippen LogP contribution in [0, 0.1) is 11.6 Å². The third kappa shape index (κ3) is 2.89. The number of aliphatic carboxylic acids is 1. The van der Waals surface area contributed by atoms with Gasteiger partial charge in [0.1, 0.15) is 5.54 Å². The fraction of sp³-hybridized carbons (Fsp3) is 0.467. The Bertz CT molecular complexity index is 576. The Hall–Kier alpha value is -1.98. The zero-order valence-corrected chi connectivity index (χ0v) is 11.7. The van der Waals surface area contributed by atoms with Crippen molar-refractivity contribution >= 4 is 11.9 Å². The van der Waals surface area contributed by atoms with Gasteiger partial charge < -0.3 is 10.0 Å². The van der Waals surface area contributed by atoms with Gasteiger partial charge in [0, 0.05) is 13.0 Å². The molecule has 1 N–H and O–H groups in total. The Balaban J connectivity index is 2.05. The van der Waals surface area contributed by atoms with E-state index in [0.717, 1.165) is 6.07 Å². The number of hydrogen-bond donors (Lipinski definition) is 1. The first-order valence-corrected chi connectivity index (χ1v) is 6.83. The number of benzene rings is 1. The highest BCUT2D eigenvalue weighted by Crippen LogP contribution is 2.30. The maximum Gasteiger partial charge on any atom is 0.329 e. The van der Waals surface area contributed by atoms with Crippen LogP contribution in [0.5, 0.6) is 0 Å². The van der Waals surface area contributed by atoms with Crippen LogP contribution in [0.4, 0.5) is 8.78 Å². The molecule has 1 aromatic carbocycles. The summed E-state index contributed by atoms with van der Waals surface area (Å²) < 4.78 is 26.6. The molecular weight excluding hydrogens is 280 g/mol. The van der Waals surface area contributed by atoms with Gasteiger partial charge in [-0.2, -0.15) is 0 Å². The SMILES string of the molecule is CC1(C(=O)O)CCCN1C(=O)CCc1cccc(F)c1F. The van der Waals surface area contributed by atoms with E-state index < -0.39 is 23.1 Å². The molecule has 0 bridgehead atoms. The minimum atomic E-state index is -1.20. The average molecular weight is 297 g/mol. The maximum absolute atomic E-state index is 13.5. The van der Waals surface area contributed by atoms with Gasteiger partial charge in [-0.3, -0.25) is 4.79 Å². The predicted octanol–water partition coefficient (Wildman–Crippen LogP) is 2.36. The van der Waals surface area contributed by atoms with Crippen molar-refractivity contribution in [3.8, 4) is 0 Å². The molecule has 1 heterocycles. The van der Waals surface area contributed by atoms with E-state index in [-0.39, 0.29) is 24.3 Å². The molecule has 1 fully saturated rings. The number of rotatable bonds is 4. The number of hydrogen-bond acceptors (Lipinski definition) is 2. The standard InChI is InChI=1S/C15H17F2NO3/c1-15(14(20)21)8-3-9-18(15)12(19)7-6-10-4-2-5-11(16)13(10)17/h2,4-5H,3,6-9H2,1H3,(H,20,21). The molecule has 114 valence electrons. The lowest BCUT2D eigenvalue weighted by molar-refractivity contribution is -0.155. The van der Waals surface area contributed by atoms with Crippen molar-refractivity contribution in [1.82, 2.24) is 4.90 Å². The smallest absolute Gasteiger partial charge is 0.329 e. The summed E-state index contributed by atoms with van der Waals surface area (Å²) in [7, 11) is 0. The second kappa shape index (κ2) is 5.79. The number of carbonyl (C=O) groups is 2. The zero-order valence-electron chi connectivity index (χ0n) is 11.7. The average Bonchev–Trinajstić information content (AvgIpc) is 2.84. The first kappa shape index (κ1) is 15.4. The van der Waals surface area contributed by atoms with Crippen molar-refractivity contribution in [3.05, 3.63) is 35.4 Å². The van der Waals surface area contributed by atoms with E-state index in [2.05, 4.69) is 0 Å². The zero-order chi connectivity index (χ0) is 15.6. The molecule has 1 unspecified atom stereocenters. The molecule has 1 amide bonds. The number of halogens is 2. The predicted molar refractivity (Wildman–Crippen MR) is 71.7 cm³/mol.